The molecule has 5 heteroatoms. The Hall–Kier alpha value is -1.04. The van der Waals surface area contributed by atoms with Crippen molar-refractivity contribution in [1.29, 1.82) is 0 Å². The molecule has 1 aromatic carbocycles. The first-order valence-electron chi connectivity index (χ1n) is 8.63. The smallest absolute Gasteiger partial charge is 0.227 e. The molecule has 126 valence electrons. The fourth-order valence-electron chi connectivity index (χ4n) is 3.30. The summed E-state index contributed by atoms with van der Waals surface area (Å²) in [6.07, 6.45) is 1.88. The van der Waals surface area contributed by atoms with Gasteiger partial charge in [0.15, 0.2) is 0 Å². The number of thioether (sulfide) groups is 1. The molecule has 2 fully saturated rings. The highest BCUT2D eigenvalue weighted by Crippen LogP contribution is 2.21. The molecule has 0 spiro atoms. The molecular formula is C18H27N3OS. The topological polar surface area (TPSA) is 44.4 Å². The zero-order valence-electron chi connectivity index (χ0n) is 13.9. The van der Waals surface area contributed by atoms with Crippen molar-refractivity contribution in [1.82, 2.24) is 10.2 Å². The molecule has 4 nitrogen and oxygen atoms in total. The molecule has 1 aromatic rings. The largest absolute Gasteiger partial charge is 0.326 e. The average Bonchev–Trinajstić information content (AvgIpc) is 2.59. The monoisotopic (exact) mass is 333 g/mol. The first kappa shape index (κ1) is 16.8. The van der Waals surface area contributed by atoms with Gasteiger partial charge in [-0.3, -0.25) is 9.69 Å². The molecule has 2 aliphatic rings. The number of hydrogen-bond donors (Lipinski definition) is 2. The molecule has 0 unspecified atom stereocenters. The molecule has 0 aromatic heterocycles. The Kier molecular flexibility index (Phi) is 5.97. The van der Waals surface area contributed by atoms with Crippen LogP contribution in [-0.2, 0) is 11.3 Å². The van der Waals surface area contributed by atoms with E-state index in [0.717, 1.165) is 43.7 Å². The minimum absolute atomic E-state index is 0.154. The van der Waals surface area contributed by atoms with Crippen molar-refractivity contribution in [3.05, 3.63) is 29.3 Å². The van der Waals surface area contributed by atoms with Gasteiger partial charge in [-0.25, -0.2) is 0 Å². The highest BCUT2D eigenvalue weighted by atomic mass is 32.2. The summed E-state index contributed by atoms with van der Waals surface area (Å²) in [5, 5.41) is 6.43. The minimum atomic E-state index is 0.154. The normalized spacial score (nSPS) is 20.4. The van der Waals surface area contributed by atoms with Gasteiger partial charge in [0.2, 0.25) is 5.91 Å². The molecule has 0 atom stereocenters. The van der Waals surface area contributed by atoms with Crippen LogP contribution in [0.5, 0.6) is 0 Å². The molecule has 2 heterocycles. The first-order valence-corrected chi connectivity index (χ1v) is 9.79. The SMILES string of the molecule is Cc1cc(CN2CCSCC2)ccc1NC(=O)C1CCNCC1. The van der Waals surface area contributed by atoms with Crippen molar-refractivity contribution in [2.45, 2.75) is 26.3 Å². The fraction of sp³-hybridized carbons (Fsp3) is 0.611. The number of nitrogens with zero attached hydrogens (tertiary/aromatic N) is 1. The second kappa shape index (κ2) is 8.18. The van der Waals surface area contributed by atoms with E-state index in [-0.39, 0.29) is 11.8 Å². The van der Waals surface area contributed by atoms with Gasteiger partial charge in [-0.05, 0) is 50.0 Å². The Morgan fingerprint density at radius 2 is 2.04 bits per heavy atom. The molecule has 0 radical (unpaired) electrons. The van der Waals surface area contributed by atoms with Gasteiger partial charge in [-0.15, -0.1) is 0 Å². The summed E-state index contributed by atoms with van der Waals surface area (Å²) in [6, 6.07) is 6.45. The summed E-state index contributed by atoms with van der Waals surface area (Å²) in [7, 11) is 0. The number of carbonyl (C=O) groups is 1. The van der Waals surface area contributed by atoms with E-state index in [1.165, 1.54) is 30.2 Å². The fourth-order valence-corrected chi connectivity index (χ4v) is 4.28. The molecular weight excluding hydrogens is 306 g/mol. The zero-order valence-corrected chi connectivity index (χ0v) is 14.8. The number of anilines is 1. The number of carbonyl (C=O) groups excluding carboxylic acids is 1. The zero-order chi connectivity index (χ0) is 16.1. The number of piperidine rings is 1. The molecule has 0 bridgehead atoms. The maximum atomic E-state index is 12.4. The van der Waals surface area contributed by atoms with Gasteiger partial charge in [0.25, 0.3) is 0 Å². The molecule has 2 saturated heterocycles. The first-order chi connectivity index (χ1) is 11.2. The van der Waals surface area contributed by atoms with Crippen LogP contribution in [0.15, 0.2) is 18.2 Å². The number of aryl methyl sites for hydroxylation is 1. The van der Waals surface area contributed by atoms with Crippen molar-refractivity contribution in [3.63, 3.8) is 0 Å². The molecule has 1 amide bonds. The van der Waals surface area contributed by atoms with Crippen LogP contribution in [0.1, 0.15) is 24.0 Å². The lowest BCUT2D eigenvalue weighted by Crippen LogP contribution is -2.34. The van der Waals surface area contributed by atoms with Crippen molar-refractivity contribution in [2.24, 2.45) is 5.92 Å². The van der Waals surface area contributed by atoms with Crippen LogP contribution >= 0.6 is 11.8 Å². The lowest BCUT2D eigenvalue weighted by molar-refractivity contribution is -0.120. The van der Waals surface area contributed by atoms with Crippen LogP contribution in [0.4, 0.5) is 5.69 Å². The molecule has 3 rings (SSSR count). The van der Waals surface area contributed by atoms with Crippen LogP contribution in [0.25, 0.3) is 0 Å². The van der Waals surface area contributed by atoms with Crippen molar-refractivity contribution >= 4 is 23.4 Å². The standard InChI is InChI=1S/C18H27N3OS/c1-14-12-15(13-21-8-10-23-11-9-21)2-3-17(14)20-18(22)16-4-6-19-7-5-16/h2-3,12,16,19H,4-11,13H2,1H3,(H,20,22). The van der Waals surface area contributed by atoms with Crippen LogP contribution < -0.4 is 10.6 Å². The maximum Gasteiger partial charge on any atom is 0.227 e. The second-order valence-corrected chi connectivity index (χ2v) is 7.78. The highest BCUT2D eigenvalue weighted by molar-refractivity contribution is 7.99. The van der Waals surface area contributed by atoms with Gasteiger partial charge >= 0.3 is 0 Å². The number of hydrogen-bond acceptors (Lipinski definition) is 4. The minimum Gasteiger partial charge on any atom is -0.326 e. The lowest BCUT2D eigenvalue weighted by Gasteiger charge is -2.26. The number of rotatable bonds is 4. The Morgan fingerprint density at radius 3 is 2.74 bits per heavy atom. The van der Waals surface area contributed by atoms with Crippen LogP contribution in [0.2, 0.25) is 0 Å². The molecule has 2 N–H and O–H groups in total. The van der Waals surface area contributed by atoms with E-state index in [2.05, 4.69) is 40.7 Å². The van der Waals surface area contributed by atoms with E-state index in [9.17, 15) is 4.79 Å². The van der Waals surface area contributed by atoms with Crippen LogP contribution in [0, 0.1) is 12.8 Å². The third-order valence-corrected chi connectivity index (χ3v) is 5.71. The molecule has 23 heavy (non-hydrogen) atoms. The average molecular weight is 334 g/mol. The van der Waals surface area contributed by atoms with E-state index in [0.29, 0.717) is 0 Å². The lowest BCUT2D eigenvalue weighted by atomic mass is 9.97. The van der Waals surface area contributed by atoms with E-state index < -0.39 is 0 Å². The van der Waals surface area contributed by atoms with E-state index >= 15 is 0 Å². The quantitative estimate of drug-likeness (QED) is 0.888. The predicted molar refractivity (Wildman–Crippen MR) is 98.0 cm³/mol. The van der Waals surface area contributed by atoms with Gasteiger partial charge in [0.1, 0.15) is 0 Å². The number of amides is 1. The van der Waals surface area contributed by atoms with Crippen molar-refractivity contribution < 1.29 is 4.79 Å². The Balaban J connectivity index is 1.58. The summed E-state index contributed by atoms with van der Waals surface area (Å²) < 4.78 is 0. The summed E-state index contributed by atoms with van der Waals surface area (Å²) in [4.78, 5) is 14.9. The third-order valence-electron chi connectivity index (χ3n) is 4.77. The van der Waals surface area contributed by atoms with Crippen LogP contribution in [-0.4, -0.2) is 48.5 Å². The molecule has 2 aliphatic heterocycles. The third kappa shape index (κ3) is 4.72. The Labute approximate surface area is 143 Å². The summed E-state index contributed by atoms with van der Waals surface area (Å²) in [5.74, 6) is 2.81. The summed E-state index contributed by atoms with van der Waals surface area (Å²) in [6.45, 7) is 7.36. The number of nitrogens with one attached hydrogen (secondary N) is 2. The second-order valence-electron chi connectivity index (χ2n) is 6.55. The van der Waals surface area contributed by atoms with Gasteiger partial charge in [0, 0.05) is 42.7 Å². The summed E-state index contributed by atoms with van der Waals surface area (Å²) >= 11 is 2.04. The van der Waals surface area contributed by atoms with Crippen molar-refractivity contribution in [3.8, 4) is 0 Å². The van der Waals surface area contributed by atoms with Crippen molar-refractivity contribution in [2.75, 3.05) is 43.0 Å². The van der Waals surface area contributed by atoms with Gasteiger partial charge in [-0.2, -0.15) is 11.8 Å². The van der Waals surface area contributed by atoms with Gasteiger partial charge < -0.3 is 10.6 Å². The highest BCUT2D eigenvalue weighted by Gasteiger charge is 2.21. The van der Waals surface area contributed by atoms with E-state index in [1.54, 1.807) is 0 Å². The summed E-state index contributed by atoms with van der Waals surface area (Å²) in [5.41, 5.74) is 3.47. The molecule has 0 aliphatic carbocycles. The maximum absolute atomic E-state index is 12.4. The van der Waals surface area contributed by atoms with Crippen LogP contribution in [0.3, 0.4) is 0 Å². The van der Waals surface area contributed by atoms with E-state index in [4.69, 9.17) is 0 Å². The Bertz CT molecular complexity index is 537. The molecule has 0 saturated carbocycles. The number of benzene rings is 1. The van der Waals surface area contributed by atoms with Gasteiger partial charge in [-0.1, -0.05) is 12.1 Å². The predicted octanol–water partition coefficient (Wildman–Crippen LogP) is 2.48. The van der Waals surface area contributed by atoms with E-state index in [1.807, 2.05) is 11.8 Å². The van der Waals surface area contributed by atoms with Gasteiger partial charge in [0.05, 0.1) is 0 Å². The Morgan fingerprint density at radius 1 is 1.30 bits per heavy atom.